The number of benzene rings is 1. The van der Waals surface area contributed by atoms with Crippen LogP contribution in [0.3, 0.4) is 0 Å². The van der Waals surface area contributed by atoms with E-state index in [0.717, 1.165) is 6.54 Å². The lowest BCUT2D eigenvalue weighted by atomic mass is 9.86. The van der Waals surface area contributed by atoms with Crippen molar-refractivity contribution >= 4 is 27.3 Å². The summed E-state index contributed by atoms with van der Waals surface area (Å²) >= 11 is 5.56. The molecule has 0 saturated carbocycles. The van der Waals surface area contributed by atoms with Crippen LogP contribution in [0.1, 0.15) is 54.6 Å². The van der Waals surface area contributed by atoms with Gasteiger partial charge in [-0.3, -0.25) is 0 Å². The molecule has 1 heterocycles. The van der Waals surface area contributed by atoms with Gasteiger partial charge in [0.25, 0.3) is 0 Å². The number of thiophene rings is 1. The van der Waals surface area contributed by atoms with E-state index in [0.29, 0.717) is 0 Å². The lowest BCUT2D eigenvalue weighted by Crippen LogP contribution is -2.21. The Morgan fingerprint density at radius 3 is 2.24 bits per heavy atom. The van der Waals surface area contributed by atoms with E-state index in [1.165, 1.54) is 25.4 Å². The highest BCUT2D eigenvalue weighted by molar-refractivity contribution is 9.10. The number of rotatable bonds is 4. The minimum absolute atomic E-state index is 0.201. The summed E-state index contributed by atoms with van der Waals surface area (Å²) in [5.41, 5.74) is 2.90. The molecule has 21 heavy (non-hydrogen) atoms. The first-order valence-corrected chi connectivity index (χ1v) is 9.03. The first kappa shape index (κ1) is 16.7. The molecule has 0 saturated heterocycles. The molecule has 0 bridgehead atoms. The van der Waals surface area contributed by atoms with E-state index < -0.39 is 0 Å². The van der Waals surface area contributed by atoms with Gasteiger partial charge in [0.15, 0.2) is 0 Å². The summed E-state index contributed by atoms with van der Waals surface area (Å²) < 4.78 is 1.20. The standard InChI is InChI=1S/C18H24BrNS/c1-6-20-16(17-15(19)11-12(2)21-17)13-7-9-14(10-8-13)18(3,4)5/h7-11,16,20H,6H2,1-5H3. The van der Waals surface area contributed by atoms with E-state index in [2.05, 4.69) is 86.2 Å². The molecule has 1 aromatic carbocycles. The molecule has 1 unspecified atom stereocenters. The molecule has 0 spiro atoms. The van der Waals surface area contributed by atoms with Gasteiger partial charge in [-0.1, -0.05) is 52.0 Å². The Morgan fingerprint density at radius 1 is 1.19 bits per heavy atom. The van der Waals surface area contributed by atoms with E-state index in [1.807, 2.05) is 11.3 Å². The van der Waals surface area contributed by atoms with Crippen LogP contribution in [0, 0.1) is 6.92 Å². The monoisotopic (exact) mass is 365 g/mol. The second kappa shape index (κ2) is 6.64. The van der Waals surface area contributed by atoms with Gasteiger partial charge < -0.3 is 5.32 Å². The third kappa shape index (κ3) is 3.97. The second-order valence-corrected chi connectivity index (χ2v) is 8.57. The average Bonchev–Trinajstić information content (AvgIpc) is 2.74. The molecule has 1 atom stereocenters. The van der Waals surface area contributed by atoms with Crippen molar-refractivity contribution < 1.29 is 0 Å². The van der Waals surface area contributed by atoms with Gasteiger partial charge in [0.05, 0.1) is 6.04 Å². The number of hydrogen-bond acceptors (Lipinski definition) is 2. The van der Waals surface area contributed by atoms with Gasteiger partial charge in [0, 0.05) is 14.2 Å². The van der Waals surface area contributed by atoms with Crippen molar-refractivity contribution in [1.29, 1.82) is 0 Å². The number of aryl methyl sites for hydroxylation is 1. The molecule has 1 aromatic heterocycles. The van der Waals surface area contributed by atoms with Gasteiger partial charge in [0.1, 0.15) is 0 Å². The normalized spacial score (nSPS) is 13.4. The van der Waals surface area contributed by atoms with Crippen molar-refractivity contribution in [2.24, 2.45) is 0 Å². The Balaban J connectivity index is 2.37. The minimum Gasteiger partial charge on any atom is -0.306 e. The number of halogens is 1. The molecule has 0 aliphatic carbocycles. The maximum Gasteiger partial charge on any atom is 0.0682 e. The first-order valence-electron chi connectivity index (χ1n) is 7.42. The molecular weight excluding hydrogens is 342 g/mol. The summed E-state index contributed by atoms with van der Waals surface area (Å²) in [6.07, 6.45) is 0. The highest BCUT2D eigenvalue weighted by atomic mass is 79.9. The lowest BCUT2D eigenvalue weighted by molar-refractivity contribution is 0.588. The van der Waals surface area contributed by atoms with Crippen LogP contribution in [0.4, 0.5) is 0 Å². The summed E-state index contributed by atoms with van der Waals surface area (Å²) in [7, 11) is 0. The van der Waals surface area contributed by atoms with Crippen LogP contribution in [-0.2, 0) is 5.41 Å². The van der Waals surface area contributed by atoms with Gasteiger partial charge in [-0.05, 0) is 52.0 Å². The molecule has 2 rings (SSSR count). The molecule has 0 aliphatic heterocycles. The molecule has 1 nitrogen and oxygen atoms in total. The third-order valence-electron chi connectivity index (χ3n) is 3.62. The summed E-state index contributed by atoms with van der Waals surface area (Å²) in [5.74, 6) is 0. The largest absolute Gasteiger partial charge is 0.306 e. The third-order valence-corrected chi connectivity index (χ3v) is 5.65. The Labute approximate surface area is 140 Å². The molecule has 0 aliphatic rings. The highest BCUT2D eigenvalue weighted by Crippen LogP contribution is 2.36. The van der Waals surface area contributed by atoms with E-state index in [9.17, 15) is 0 Å². The average molecular weight is 366 g/mol. The Hall–Kier alpha value is -0.640. The zero-order valence-corrected chi connectivity index (χ0v) is 15.9. The van der Waals surface area contributed by atoms with E-state index in [4.69, 9.17) is 0 Å². The van der Waals surface area contributed by atoms with Crippen LogP contribution in [0.25, 0.3) is 0 Å². The maximum absolute atomic E-state index is 3.70. The molecule has 114 valence electrons. The van der Waals surface area contributed by atoms with E-state index in [-0.39, 0.29) is 11.5 Å². The lowest BCUT2D eigenvalue weighted by Gasteiger charge is -2.22. The van der Waals surface area contributed by atoms with Crippen molar-refractivity contribution in [3.05, 3.63) is 55.7 Å². The molecule has 0 amide bonds. The Kier molecular flexibility index (Phi) is 5.29. The Morgan fingerprint density at radius 2 is 1.81 bits per heavy atom. The predicted octanol–water partition coefficient (Wildman–Crippen LogP) is 5.82. The fraction of sp³-hybridized carbons (Fsp3) is 0.444. The van der Waals surface area contributed by atoms with Crippen LogP contribution in [0.2, 0.25) is 0 Å². The van der Waals surface area contributed by atoms with Gasteiger partial charge in [0.2, 0.25) is 0 Å². The van der Waals surface area contributed by atoms with E-state index >= 15 is 0 Å². The molecule has 0 radical (unpaired) electrons. The molecule has 3 heteroatoms. The number of hydrogen-bond donors (Lipinski definition) is 1. The SMILES string of the molecule is CCNC(c1ccc(C(C)(C)C)cc1)c1sc(C)cc1Br. The van der Waals surface area contributed by atoms with Gasteiger partial charge in [-0.2, -0.15) is 0 Å². The van der Waals surface area contributed by atoms with Crippen molar-refractivity contribution in [1.82, 2.24) is 5.32 Å². The van der Waals surface area contributed by atoms with Crippen molar-refractivity contribution in [3.63, 3.8) is 0 Å². The fourth-order valence-corrected chi connectivity index (χ4v) is 4.42. The summed E-state index contributed by atoms with van der Waals surface area (Å²) in [6, 6.07) is 11.5. The highest BCUT2D eigenvalue weighted by Gasteiger charge is 2.19. The zero-order chi connectivity index (χ0) is 15.6. The van der Waals surface area contributed by atoms with Gasteiger partial charge in [-0.25, -0.2) is 0 Å². The Bertz CT molecular complexity index is 593. The van der Waals surface area contributed by atoms with Crippen molar-refractivity contribution in [2.75, 3.05) is 6.54 Å². The summed E-state index contributed by atoms with van der Waals surface area (Å²) in [4.78, 5) is 2.70. The van der Waals surface area contributed by atoms with Crippen molar-refractivity contribution in [2.45, 2.75) is 46.1 Å². The van der Waals surface area contributed by atoms with E-state index in [1.54, 1.807) is 0 Å². The molecular formula is C18H24BrNS. The van der Waals surface area contributed by atoms with Crippen LogP contribution in [-0.4, -0.2) is 6.54 Å². The molecule has 0 fully saturated rings. The van der Waals surface area contributed by atoms with Gasteiger partial charge in [-0.15, -0.1) is 11.3 Å². The molecule has 2 aromatic rings. The fourth-order valence-electron chi connectivity index (χ4n) is 2.44. The quantitative estimate of drug-likeness (QED) is 0.719. The van der Waals surface area contributed by atoms with Crippen molar-refractivity contribution in [3.8, 4) is 0 Å². The number of nitrogens with one attached hydrogen (secondary N) is 1. The van der Waals surface area contributed by atoms with Crippen LogP contribution in [0.15, 0.2) is 34.8 Å². The second-order valence-electron chi connectivity index (χ2n) is 6.43. The van der Waals surface area contributed by atoms with Crippen LogP contribution >= 0.6 is 27.3 Å². The summed E-state index contributed by atoms with van der Waals surface area (Å²) in [6.45, 7) is 12.0. The van der Waals surface area contributed by atoms with Crippen LogP contribution in [0.5, 0.6) is 0 Å². The zero-order valence-electron chi connectivity index (χ0n) is 13.5. The predicted molar refractivity (Wildman–Crippen MR) is 97.4 cm³/mol. The van der Waals surface area contributed by atoms with Gasteiger partial charge >= 0.3 is 0 Å². The molecule has 1 N–H and O–H groups in total. The first-order chi connectivity index (χ1) is 9.82. The summed E-state index contributed by atoms with van der Waals surface area (Å²) in [5, 5.41) is 3.61. The minimum atomic E-state index is 0.201. The maximum atomic E-state index is 3.70. The van der Waals surface area contributed by atoms with Crippen LogP contribution < -0.4 is 5.32 Å². The smallest absolute Gasteiger partial charge is 0.0682 e. The topological polar surface area (TPSA) is 12.0 Å².